The molecule has 1 aromatic heterocycles. The molecule has 33 heavy (non-hydrogen) atoms. The van der Waals surface area contributed by atoms with Crippen LogP contribution in [0.15, 0.2) is 65.6 Å². The Morgan fingerprint density at radius 2 is 1.52 bits per heavy atom. The van der Waals surface area contributed by atoms with E-state index in [0.29, 0.717) is 28.6 Å². The lowest BCUT2D eigenvalue weighted by molar-refractivity contribution is 0.0994. The van der Waals surface area contributed by atoms with Gasteiger partial charge in [-0.1, -0.05) is 12.1 Å². The monoisotopic (exact) mass is 465 g/mol. The number of carbonyl (C=O) groups is 1. The molecule has 0 saturated heterocycles. The van der Waals surface area contributed by atoms with Crippen molar-refractivity contribution in [3.63, 3.8) is 0 Å². The minimum absolute atomic E-state index is 0.0978. The number of sulfonamides is 1. The number of hydrogen-bond donors (Lipinski definition) is 2. The molecular weight excluding hydrogens is 438 g/mol. The first-order valence-corrected chi connectivity index (χ1v) is 12.0. The van der Waals surface area contributed by atoms with Gasteiger partial charge >= 0.3 is 0 Å². The van der Waals surface area contributed by atoms with Gasteiger partial charge in [0.25, 0.3) is 5.91 Å². The van der Waals surface area contributed by atoms with Crippen molar-refractivity contribution in [2.45, 2.75) is 31.2 Å². The maximum Gasteiger partial charge on any atom is 0.260 e. The Morgan fingerprint density at radius 1 is 0.848 bits per heavy atom. The molecule has 1 aliphatic heterocycles. The minimum Gasteiger partial charge on any atom is -0.340 e. The fraction of sp³-hybridized carbons (Fsp3) is 0.250. The van der Waals surface area contributed by atoms with Crippen LogP contribution in [0.1, 0.15) is 31.1 Å². The topological polar surface area (TPSA) is 94.6 Å². The Kier molecular flexibility index (Phi) is 5.63. The normalized spacial score (nSPS) is 13.9. The van der Waals surface area contributed by atoms with Gasteiger partial charge in [-0.15, -0.1) is 0 Å². The number of rotatable bonds is 4. The smallest absolute Gasteiger partial charge is 0.260 e. The molecule has 0 aliphatic carbocycles. The molecule has 0 fully saturated rings. The van der Waals surface area contributed by atoms with E-state index in [1.54, 1.807) is 69.1 Å². The van der Waals surface area contributed by atoms with E-state index in [1.807, 2.05) is 36.2 Å². The third kappa shape index (κ3) is 4.55. The number of nitrogens with one attached hydrogen (secondary N) is 2. The van der Waals surface area contributed by atoms with Gasteiger partial charge in [-0.3, -0.25) is 4.79 Å². The first-order chi connectivity index (χ1) is 15.5. The van der Waals surface area contributed by atoms with Crippen LogP contribution < -0.4 is 19.8 Å². The summed E-state index contributed by atoms with van der Waals surface area (Å²) in [6.45, 7) is 5.39. The molecule has 0 spiro atoms. The Hall–Kier alpha value is -3.43. The average Bonchev–Trinajstić information content (AvgIpc) is 2.83. The number of pyridine rings is 1. The number of amides is 1. The summed E-state index contributed by atoms with van der Waals surface area (Å²) < 4.78 is 27.7. The average molecular weight is 466 g/mol. The van der Waals surface area contributed by atoms with Gasteiger partial charge in [0.2, 0.25) is 10.0 Å². The summed E-state index contributed by atoms with van der Waals surface area (Å²) in [5, 5.41) is 3.22. The van der Waals surface area contributed by atoms with Crippen LogP contribution in [0.3, 0.4) is 0 Å². The lowest BCUT2D eigenvalue weighted by Gasteiger charge is -2.22. The zero-order chi connectivity index (χ0) is 24.0. The Labute approximate surface area is 194 Å². The van der Waals surface area contributed by atoms with E-state index >= 15 is 0 Å². The molecule has 9 heteroatoms. The van der Waals surface area contributed by atoms with Gasteiger partial charge in [-0.25, -0.2) is 18.1 Å². The van der Waals surface area contributed by atoms with Crippen molar-refractivity contribution in [3.05, 3.63) is 66.2 Å². The van der Waals surface area contributed by atoms with Gasteiger partial charge in [0.05, 0.1) is 21.8 Å². The zero-order valence-electron chi connectivity index (χ0n) is 19.2. The highest BCUT2D eigenvalue weighted by molar-refractivity contribution is 7.89. The summed E-state index contributed by atoms with van der Waals surface area (Å²) in [4.78, 5) is 21.3. The van der Waals surface area contributed by atoms with E-state index in [-0.39, 0.29) is 10.8 Å². The van der Waals surface area contributed by atoms with Crippen molar-refractivity contribution in [3.8, 4) is 0 Å². The highest BCUT2D eigenvalue weighted by Crippen LogP contribution is 2.38. The van der Waals surface area contributed by atoms with Crippen LogP contribution in [-0.4, -0.2) is 38.9 Å². The van der Waals surface area contributed by atoms with Gasteiger partial charge in [-0.05, 0) is 69.3 Å². The largest absolute Gasteiger partial charge is 0.340 e. The molecule has 0 radical (unpaired) electrons. The van der Waals surface area contributed by atoms with Crippen LogP contribution in [-0.2, 0) is 10.0 Å². The van der Waals surface area contributed by atoms with Crippen LogP contribution >= 0.6 is 0 Å². The third-order valence-corrected chi connectivity index (χ3v) is 6.99. The summed E-state index contributed by atoms with van der Waals surface area (Å²) in [6, 6.07) is 17.6. The molecule has 0 saturated carbocycles. The Balaban J connectivity index is 1.63. The number of fused-ring (bicyclic) bond motifs is 2. The molecular formula is C24H27N5O3S. The highest BCUT2D eigenvalue weighted by atomic mass is 32.2. The second kappa shape index (κ2) is 8.17. The van der Waals surface area contributed by atoms with Crippen molar-refractivity contribution in [2.75, 3.05) is 29.2 Å². The number of anilines is 5. The molecule has 4 rings (SSSR count). The van der Waals surface area contributed by atoms with Gasteiger partial charge in [0, 0.05) is 25.3 Å². The lowest BCUT2D eigenvalue weighted by atomic mass is 10.1. The van der Waals surface area contributed by atoms with Crippen molar-refractivity contribution in [1.29, 1.82) is 0 Å². The number of carbonyl (C=O) groups excluding carboxylic acids is 1. The number of benzene rings is 2. The zero-order valence-corrected chi connectivity index (χ0v) is 20.1. The van der Waals surface area contributed by atoms with Crippen LogP contribution in [0, 0.1) is 0 Å². The second-order valence-corrected chi connectivity index (χ2v) is 10.7. The fourth-order valence-electron chi connectivity index (χ4n) is 3.70. The van der Waals surface area contributed by atoms with Gasteiger partial charge in [0.1, 0.15) is 5.82 Å². The molecule has 3 aromatic rings. The molecule has 0 atom stereocenters. The van der Waals surface area contributed by atoms with Crippen LogP contribution in [0.2, 0.25) is 0 Å². The maximum absolute atomic E-state index is 12.9. The molecule has 172 valence electrons. The molecule has 2 heterocycles. The summed E-state index contributed by atoms with van der Waals surface area (Å²) in [6.07, 6.45) is 0. The first kappa shape index (κ1) is 22.8. The van der Waals surface area contributed by atoms with Crippen LogP contribution in [0.25, 0.3) is 0 Å². The van der Waals surface area contributed by atoms with E-state index in [9.17, 15) is 13.2 Å². The van der Waals surface area contributed by atoms with Gasteiger partial charge < -0.3 is 15.1 Å². The fourth-order valence-corrected chi connectivity index (χ4v) is 5.12. The Morgan fingerprint density at radius 3 is 2.18 bits per heavy atom. The van der Waals surface area contributed by atoms with E-state index < -0.39 is 15.6 Å². The molecule has 2 aromatic carbocycles. The lowest BCUT2D eigenvalue weighted by Crippen LogP contribution is -2.40. The van der Waals surface area contributed by atoms with E-state index in [4.69, 9.17) is 4.98 Å². The number of aromatic nitrogens is 1. The SMILES string of the molecule is CN1C(=O)c2ccccc2N(C)c2nc(Nc3ccc(S(=O)(=O)NC(C)(C)C)cc3)ccc21. The first-order valence-electron chi connectivity index (χ1n) is 10.5. The standard InChI is InChI=1S/C24H27N5O3S/c1-24(2,3)27-33(31,32)17-12-10-16(11-13-17)25-21-15-14-20-22(26-21)28(4)19-9-7-6-8-18(19)23(30)29(20)5/h6-15,27H,1-5H3,(H,25,26). The van der Waals surface area contributed by atoms with E-state index in [2.05, 4.69) is 10.0 Å². The summed E-state index contributed by atoms with van der Waals surface area (Å²) in [5.74, 6) is 1.11. The van der Waals surface area contributed by atoms with Crippen molar-refractivity contribution in [2.24, 2.45) is 0 Å². The second-order valence-electron chi connectivity index (χ2n) is 8.98. The van der Waals surface area contributed by atoms with Crippen LogP contribution in [0.4, 0.5) is 28.7 Å². The summed E-state index contributed by atoms with van der Waals surface area (Å²) in [5.41, 5.74) is 2.20. The summed E-state index contributed by atoms with van der Waals surface area (Å²) >= 11 is 0. The van der Waals surface area contributed by atoms with Crippen molar-refractivity contribution < 1.29 is 13.2 Å². The predicted molar refractivity (Wildman–Crippen MR) is 131 cm³/mol. The number of hydrogen-bond acceptors (Lipinski definition) is 6. The summed E-state index contributed by atoms with van der Waals surface area (Å²) in [7, 11) is 0.00225. The molecule has 0 bridgehead atoms. The Bertz CT molecular complexity index is 1310. The highest BCUT2D eigenvalue weighted by Gasteiger charge is 2.28. The minimum atomic E-state index is -3.61. The van der Waals surface area contributed by atoms with Gasteiger partial charge in [0.15, 0.2) is 5.82 Å². The molecule has 1 aliphatic rings. The van der Waals surface area contributed by atoms with Gasteiger partial charge in [-0.2, -0.15) is 0 Å². The molecule has 1 amide bonds. The van der Waals surface area contributed by atoms with E-state index in [1.165, 1.54) is 0 Å². The number of nitrogens with zero attached hydrogens (tertiary/aromatic N) is 3. The molecule has 2 N–H and O–H groups in total. The third-order valence-electron chi connectivity index (χ3n) is 5.21. The maximum atomic E-state index is 12.9. The predicted octanol–water partition coefficient (Wildman–Crippen LogP) is 4.26. The van der Waals surface area contributed by atoms with Crippen molar-refractivity contribution in [1.82, 2.24) is 9.71 Å². The number of para-hydroxylation sites is 1. The molecule has 8 nitrogen and oxygen atoms in total. The van der Waals surface area contributed by atoms with Crippen molar-refractivity contribution >= 4 is 44.6 Å². The quantitative estimate of drug-likeness (QED) is 0.598. The van der Waals surface area contributed by atoms with Crippen LogP contribution in [0.5, 0.6) is 0 Å². The molecule has 0 unspecified atom stereocenters. The van der Waals surface area contributed by atoms with E-state index in [0.717, 1.165) is 5.69 Å².